The third-order valence-corrected chi connectivity index (χ3v) is 6.06. The highest BCUT2D eigenvalue weighted by molar-refractivity contribution is 6.01. The van der Waals surface area contributed by atoms with Crippen molar-refractivity contribution in [1.29, 1.82) is 0 Å². The highest BCUT2D eigenvalue weighted by Gasteiger charge is 2.56. The number of H-pyrrole nitrogens is 1. The van der Waals surface area contributed by atoms with Crippen molar-refractivity contribution in [1.82, 2.24) is 15.2 Å². The Kier molecular flexibility index (Phi) is 5.38. The van der Waals surface area contributed by atoms with Crippen LogP contribution in [0.3, 0.4) is 0 Å². The number of rotatable bonds is 5. The van der Waals surface area contributed by atoms with Crippen molar-refractivity contribution in [3.05, 3.63) is 53.6 Å². The van der Waals surface area contributed by atoms with Gasteiger partial charge >= 0.3 is 6.18 Å². The molecule has 2 aliphatic rings. The first-order chi connectivity index (χ1) is 15.4. The molecule has 11 heteroatoms. The summed E-state index contributed by atoms with van der Waals surface area (Å²) >= 11 is 0. The van der Waals surface area contributed by atoms with Gasteiger partial charge in [0.2, 0.25) is 0 Å². The van der Waals surface area contributed by atoms with Crippen LogP contribution >= 0.6 is 0 Å². The van der Waals surface area contributed by atoms with Crippen molar-refractivity contribution in [2.45, 2.75) is 32.6 Å². The van der Waals surface area contributed by atoms with Crippen LogP contribution in [0.1, 0.15) is 25.8 Å². The quantitative estimate of drug-likeness (QED) is 0.266. The molecule has 33 heavy (non-hydrogen) atoms. The minimum atomic E-state index is -4.72. The van der Waals surface area contributed by atoms with Gasteiger partial charge in [-0.3, -0.25) is 9.89 Å². The predicted octanol–water partition coefficient (Wildman–Crippen LogP) is 4.17. The Bertz CT molecular complexity index is 1240. The number of allylic oxidation sites excluding steroid dienone is 4. The van der Waals surface area contributed by atoms with Crippen molar-refractivity contribution in [3.63, 3.8) is 0 Å². The lowest BCUT2D eigenvalue weighted by molar-refractivity contribution is -0.206. The van der Waals surface area contributed by atoms with Crippen LogP contribution in [-0.4, -0.2) is 44.4 Å². The van der Waals surface area contributed by atoms with E-state index < -0.39 is 47.1 Å². The molecule has 174 valence electrons. The van der Waals surface area contributed by atoms with Crippen molar-refractivity contribution >= 4 is 28.3 Å². The molecule has 4 N–H and O–H groups in total. The summed E-state index contributed by atoms with van der Waals surface area (Å²) < 4.78 is 53.6. The molecule has 1 amide bonds. The van der Waals surface area contributed by atoms with Crippen LogP contribution in [0, 0.1) is 17.3 Å². The lowest BCUT2D eigenvalue weighted by atomic mass is 9.89. The SMILES string of the molecule is CC(C)(/C(O)=C/C(N)=NC(=O)CC1=CC=C(c2cnc3[nH]ncc3c2)C2C(F)C12)C(F)(F)F. The molecule has 2 heterocycles. The van der Waals surface area contributed by atoms with Crippen LogP contribution in [0.5, 0.6) is 0 Å². The van der Waals surface area contributed by atoms with E-state index in [1.165, 1.54) is 0 Å². The number of amides is 1. The molecule has 3 unspecified atom stereocenters. The first-order valence-corrected chi connectivity index (χ1v) is 10.1. The Hall–Kier alpha value is -3.50. The van der Waals surface area contributed by atoms with Crippen LogP contribution in [-0.2, 0) is 4.79 Å². The first kappa shape index (κ1) is 22.7. The predicted molar refractivity (Wildman–Crippen MR) is 114 cm³/mol. The number of aliphatic imine (C=N–C) groups is 1. The second-order valence-corrected chi connectivity index (χ2v) is 8.65. The highest BCUT2D eigenvalue weighted by Crippen LogP contribution is 2.57. The van der Waals surface area contributed by atoms with Gasteiger partial charge in [-0.15, -0.1) is 0 Å². The van der Waals surface area contributed by atoms with E-state index in [0.717, 1.165) is 30.4 Å². The topological polar surface area (TPSA) is 117 Å². The summed E-state index contributed by atoms with van der Waals surface area (Å²) in [5.41, 5.74) is 5.65. The van der Waals surface area contributed by atoms with E-state index in [0.29, 0.717) is 17.3 Å². The van der Waals surface area contributed by atoms with Gasteiger partial charge in [0, 0.05) is 29.5 Å². The number of nitrogens with two attached hydrogens (primary N) is 1. The van der Waals surface area contributed by atoms with Gasteiger partial charge in [0.05, 0.1) is 12.6 Å². The van der Waals surface area contributed by atoms with Crippen LogP contribution in [0.4, 0.5) is 17.6 Å². The number of hydrogen-bond acceptors (Lipinski definition) is 4. The number of pyridine rings is 1. The second kappa shape index (κ2) is 7.82. The van der Waals surface area contributed by atoms with Crippen LogP contribution in [0.2, 0.25) is 0 Å². The molecule has 2 aromatic rings. The van der Waals surface area contributed by atoms with Gasteiger partial charge in [0.15, 0.2) is 5.65 Å². The lowest BCUT2D eigenvalue weighted by Gasteiger charge is -2.26. The number of nitrogens with one attached hydrogen (secondary N) is 1. The summed E-state index contributed by atoms with van der Waals surface area (Å²) in [5.74, 6) is -3.28. The normalized spacial score (nSPS) is 23.8. The summed E-state index contributed by atoms with van der Waals surface area (Å²) in [6, 6.07) is 1.86. The van der Waals surface area contributed by atoms with Crippen LogP contribution in [0.15, 0.2) is 53.0 Å². The maximum absolute atomic E-state index is 14.6. The zero-order chi connectivity index (χ0) is 24.1. The Labute approximate surface area is 185 Å². The van der Waals surface area contributed by atoms with Crippen LogP contribution < -0.4 is 5.73 Å². The number of aromatic nitrogens is 3. The highest BCUT2D eigenvalue weighted by atomic mass is 19.4. The van der Waals surface area contributed by atoms with Crippen molar-refractivity contribution in [2.75, 3.05) is 0 Å². The maximum Gasteiger partial charge on any atom is 0.400 e. The summed E-state index contributed by atoms with van der Waals surface area (Å²) in [7, 11) is 0. The van der Waals surface area contributed by atoms with E-state index in [-0.39, 0.29) is 6.42 Å². The number of amidine groups is 1. The van der Waals surface area contributed by atoms with Crippen molar-refractivity contribution in [3.8, 4) is 0 Å². The molecule has 0 radical (unpaired) electrons. The van der Waals surface area contributed by atoms with Crippen LogP contribution in [0.25, 0.3) is 16.6 Å². The number of hydrogen-bond donors (Lipinski definition) is 3. The molecule has 1 saturated carbocycles. The molecule has 4 rings (SSSR count). The number of aromatic amines is 1. The molecular weight excluding hydrogens is 442 g/mol. The fraction of sp³-hybridized carbons (Fsp3) is 0.364. The van der Waals surface area contributed by atoms with Gasteiger partial charge in [-0.25, -0.2) is 9.37 Å². The fourth-order valence-electron chi connectivity index (χ4n) is 3.81. The van der Waals surface area contributed by atoms with E-state index in [9.17, 15) is 27.5 Å². The molecule has 0 aliphatic heterocycles. The molecule has 0 aromatic carbocycles. The fourth-order valence-corrected chi connectivity index (χ4v) is 3.81. The second-order valence-electron chi connectivity index (χ2n) is 8.65. The first-order valence-electron chi connectivity index (χ1n) is 10.1. The average Bonchev–Trinajstić information content (AvgIpc) is 3.18. The van der Waals surface area contributed by atoms with Gasteiger partial charge in [-0.05, 0) is 31.1 Å². The smallest absolute Gasteiger partial charge is 0.400 e. The van der Waals surface area contributed by atoms with Gasteiger partial charge in [-0.1, -0.05) is 17.7 Å². The van der Waals surface area contributed by atoms with Gasteiger partial charge in [0.25, 0.3) is 5.91 Å². The Morgan fingerprint density at radius 1 is 1.27 bits per heavy atom. The number of alkyl halides is 4. The molecular formula is C22H21F4N5O2. The molecule has 0 saturated heterocycles. The van der Waals surface area contributed by atoms with E-state index in [1.807, 2.05) is 6.07 Å². The standard InChI is InChI=1S/C22H21F4N5O2/c1-21(2,22(24,25)26)14(32)7-15(27)30-16(33)6-10-3-4-13(18-17(10)19(18)23)11-5-12-9-29-31-20(12)28-8-11/h3-5,7-9,17-19,32H,6H2,1-2H3,(H2,27,30,33)(H,28,29,31)/b14-7-. The Morgan fingerprint density at radius 3 is 2.70 bits per heavy atom. The van der Waals surface area contributed by atoms with E-state index in [1.54, 1.807) is 24.5 Å². The number of halogens is 4. The van der Waals surface area contributed by atoms with Crippen molar-refractivity contribution in [2.24, 2.45) is 28.0 Å². The summed E-state index contributed by atoms with van der Waals surface area (Å²) in [4.78, 5) is 20.1. The number of fused-ring (bicyclic) bond motifs is 2. The molecule has 0 spiro atoms. The number of aliphatic hydroxyl groups is 1. The number of aliphatic hydroxyl groups excluding tert-OH is 1. The summed E-state index contributed by atoms with van der Waals surface area (Å²) in [5, 5.41) is 17.2. The third-order valence-electron chi connectivity index (χ3n) is 6.06. The largest absolute Gasteiger partial charge is 0.511 e. The van der Waals surface area contributed by atoms with Gasteiger partial charge < -0.3 is 10.8 Å². The average molecular weight is 463 g/mol. The number of carbonyl (C=O) groups is 1. The van der Waals surface area contributed by atoms with Gasteiger partial charge in [-0.2, -0.15) is 23.3 Å². The van der Waals surface area contributed by atoms with Gasteiger partial charge in [0.1, 0.15) is 23.2 Å². The summed E-state index contributed by atoms with van der Waals surface area (Å²) in [6.07, 6.45) is 1.12. The van der Waals surface area contributed by atoms with E-state index >= 15 is 0 Å². The Balaban J connectivity index is 1.50. The van der Waals surface area contributed by atoms with E-state index in [4.69, 9.17) is 5.73 Å². The molecule has 3 atom stereocenters. The molecule has 1 fully saturated rings. The zero-order valence-corrected chi connectivity index (χ0v) is 17.7. The maximum atomic E-state index is 14.6. The Morgan fingerprint density at radius 2 is 2.00 bits per heavy atom. The molecule has 2 aromatic heterocycles. The molecule has 0 bridgehead atoms. The molecule has 7 nitrogen and oxygen atoms in total. The van der Waals surface area contributed by atoms with E-state index in [2.05, 4.69) is 20.2 Å². The summed E-state index contributed by atoms with van der Waals surface area (Å²) in [6.45, 7) is 1.55. The number of nitrogens with zero attached hydrogens (tertiary/aromatic N) is 3. The monoisotopic (exact) mass is 463 g/mol. The minimum Gasteiger partial charge on any atom is -0.511 e. The molecule has 2 aliphatic carbocycles. The minimum absolute atomic E-state index is 0.234. The van der Waals surface area contributed by atoms with Crippen molar-refractivity contribution < 1.29 is 27.5 Å². The third kappa shape index (κ3) is 4.14. The number of carbonyl (C=O) groups excluding carboxylic acids is 1. The zero-order valence-electron chi connectivity index (χ0n) is 17.7. The lowest BCUT2D eigenvalue weighted by Crippen LogP contribution is -2.34.